The predicted molar refractivity (Wildman–Crippen MR) is 82.5 cm³/mol. The molecule has 0 aliphatic rings. The van der Waals surface area contributed by atoms with E-state index >= 15 is 0 Å². The van der Waals surface area contributed by atoms with Crippen LogP contribution in [0.4, 0.5) is 13.2 Å². The average Bonchev–Trinajstić information content (AvgIpc) is 3.01. The number of nitrogens with zero attached hydrogens (tertiary/aromatic N) is 3. The van der Waals surface area contributed by atoms with E-state index in [9.17, 15) is 13.2 Å². The summed E-state index contributed by atoms with van der Waals surface area (Å²) in [6.07, 6.45) is -2.46. The first-order valence-corrected chi connectivity index (χ1v) is 7.05. The summed E-state index contributed by atoms with van der Waals surface area (Å²) in [5.41, 5.74) is 2.65. The standard InChI is InChI=1S/C17H12F3N3/c1-22-10-15-16(21-22)13-4-2-3-5-14(13)23(15)12-8-6-11(7-9-12)17(18,19)20/h2-10H,1H3. The molecule has 0 saturated carbocycles. The van der Waals surface area contributed by atoms with E-state index in [4.69, 9.17) is 0 Å². The molecular weight excluding hydrogens is 303 g/mol. The first kappa shape index (κ1) is 13.9. The minimum absolute atomic E-state index is 0.653. The van der Waals surface area contributed by atoms with Crippen molar-refractivity contribution in [1.82, 2.24) is 14.3 Å². The Morgan fingerprint density at radius 1 is 0.913 bits per heavy atom. The zero-order valence-corrected chi connectivity index (χ0v) is 12.2. The molecule has 0 radical (unpaired) electrons. The molecule has 4 rings (SSSR count). The van der Waals surface area contributed by atoms with E-state index in [-0.39, 0.29) is 0 Å². The Bertz CT molecular complexity index is 1010. The van der Waals surface area contributed by atoms with Crippen molar-refractivity contribution in [3.63, 3.8) is 0 Å². The van der Waals surface area contributed by atoms with E-state index in [1.54, 1.807) is 4.68 Å². The van der Waals surface area contributed by atoms with Gasteiger partial charge in [0, 0.05) is 24.3 Å². The fourth-order valence-corrected chi connectivity index (χ4v) is 2.91. The molecule has 0 spiro atoms. The van der Waals surface area contributed by atoms with Crippen LogP contribution in [0.5, 0.6) is 0 Å². The van der Waals surface area contributed by atoms with Crippen LogP contribution in [0.15, 0.2) is 54.7 Å². The van der Waals surface area contributed by atoms with Gasteiger partial charge in [0.05, 0.1) is 16.6 Å². The molecule has 0 aliphatic carbocycles. The van der Waals surface area contributed by atoms with Gasteiger partial charge in [-0.25, -0.2) is 0 Å². The molecule has 0 saturated heterocycles. The Morgan fingerprint density at radius 2 is 1.61 bits per heavy atom. The zero-order valence-electron chi connectivity index (χ0n) is 12.2. The van der Waals surface area contributed by atoms with Crippen LogP contribution in [-0.2, 0) is 13.2 Å². The van der Waals surface area contributed by atoms with E-state index in [1.165, 1.54) is 12.1 Å². The van der Waals surface area contributed by atoms with Crippen LogP contribution in [-0.4, -0.2) is 14.3 Å². The number of hydrogen-bond acceptors (Lipinski definition) is 1. The van der Waals surface area contributed by atoms with Gasteiger partial charge < -0.3 is 4.57 Å². The highest BCUT2D eigenvalue weighted by atomic mass is 19.4. The summed E-state index contributed by atoms with van der Waals surface area (Å²) in [5.74, 6) is 0. The van der Waals surface area contributed by atoms with Crippen LogP contribution < -0.4 is 0 Å². The maximum Gasteiger partial charge on any atom is 0.416 e. The van der Waals surface area contributed by atoms with Crippen molar-refractivity contribution in [2.24, 2.45) is 7.05 Å². The lowest BCUT2D eigenvalue weighted by Gasteiger charge is -2.10. The third-order valence-corrected chi connectivity index (χ3v) is 3.90. The summed E-state index contributed by atoms with van der Waals surface area (Å²) < 4.78 is 41.9. The third-order valence-electron chi connectivity index (χ3n) is 3.90. The summed E-state index contributed by atoms with van der Waals surface area (Å²) in [6.45, 7) is 0. The van der Waals surface area contributed by atoms with Crippen molar-refractivity contribution >= 4 is 21.9 Å². The SMILES string of the molecule is Cn1cc2c(n1)c1ccccc1n2-c1ccc(C(F)(F)F)cc1. The smallest absolute Gasteiger partial charge is 0.306 e. The van der Waals surface area contributed by atoms with Crippen LogP contribution >= 0.6 is 0 Å². The summed E-state index contributed by atoms with van der Waals surface area (Å²) in [5, 5.41) is 5.44. The number of hydrogen-bond donors (Lipinski definition) is 0. The van der Waals surface area contributed by atoms with E-state index in [2.05, 4.69) is 5.10 Å². The van der Waals surface area contributed by atoms with Gasteiger partial charge >= 0.3 is 6.18 Å². The third kappa shape index (κ3) is 2.10. The predicted octanol–water partition coefficient (Wildman–Crippen LogP) is 4.54. The number of halogens is 3. The zero-order chi connectivity index (χ0) is 16.2. The van der Waals surface area contributed by atoms with Crippen LogP contribution in [0.3, 0.4) is 0 Å². The number of aryl methyl sites for hydroxylation is 1. The van der Waals surface area contributed by atoms with E-state index < -0.39 is 11.7 Å². The maximum atomic E-state index is 12.8. The van der Waals surface area contributed by atoms with Gasteiger partial charge in [0.25, 0.3) is 0 Å². The molecule has 0 atom stereocenters. The molecule has 0 amide bonds. The van der Waals surface area contributed by atoms with Crippen molar-refractivity contribution in [3.05, 3.63) is 60.3 Å². The summed E-state index contributed by atoms with van der Waals surface area (Å²) in [7, 11) is 1.83. The Labute approximate surface area is 129 Å². The van der Waals surface area contributed by atoms with Gasteiger partial charge in [-0.15, -0.1) is 0 Å². The van der Waals surface area contributed by atoms with E-state index in [1.807, 2.05) is 42.1 Å². The molecule has 2 aromatic heterocycles. The topological polar surface area (TPSA) is 22.8 Å². The molecule has 116 valence electrons. The molecule has 4 aromatic rings. The highest BCUT2D eigenvalue weighted by molar-refractivity contribution is 6.06. The molecule has 2 aromatic carbocycles. The van der Waals surface area contributed by atoms with Crippen molar-refractivity contribution in [2.45, 2.75) is 6.18 Å². The van der Waals surface area contributed by atoms with Crippen molar-refractivity contribution in [1.29, 1.82) is 0 Å². The maximum absolute atomic E-state index is 12.8. The lowest BCUT2D eigenvalue weighted by atomic mass is 10.2. The number of aromatic nitrogens is 3. The normalized spacial score (nSPS) is 12.3. The van der Waals surface area contributed by atoms with Gasteiger partial charge in [-0.3, -0.25) is 4.68 Å². The number of rotatable bonds is 1. The average molecular weight is 315 g/mol. The Balaban J connectivity index is 2.00. The van der Waals surface area contributed by atoms with Gasteiger partial charge in [-0.2, -0.15) is 18.3 Å². The van der Waals surface area contributed by atoms with E-state index in [0.717, 1.165) is 34.1 Å². The van der Waals surface area contributed by atoms with E-state index in [0.29, 0.717) is 5.69 Å². The number of fused-ring (bicyclic) bond motifs is 3. The van der Waals surface area contributed by atoms with Gasteiger partial charge in [0.1, 0.15) is 5.52 Å². The van der Waals surface area contributed by atoms with Crippen molar-refractivity contribution < 1.29 is 13.2 Å². The minimum Gasteiger partial charge on any atom is -0.306 e. The molecule has 23 heavy (non-hydrogen) atoms. The molecule has 0 N–H and O–H groups in total. The molecular formula is C17H12F3N3. The number of benzene rings is 2. The van der Waals surface area contributed by atoms with Crippen LogP contribution in [0.1, 0.15) is 5.56 Å². The molecule has 0 aliphatic heterocycles. The van der Waals surface area contributed by atoms with Gasteiger partial charge in [0.15, 0.2) is 0 Å². The fraction of sp³-hybridized carbons (Fsp3) is 0.118. The first-order valence-electron chi connectivity index (χ1n) is 7.05. The van der Waals surface area contributed by atoms with Gasteiger partial charge in [0.2, 0.25) is 0 Å². The highest BCUT2D eigenvalue weighted by Crippen LogP contribution is 2.33. The molecule has 0 bridgehead atoms. The number of para-hydroxylation sites is 1. The first-order chi connectivity index (χ1) is 10.9. The second kappa shape index (κ2) is 4.62. The molecule has 0 unspecified atom stereocenters. The second-order valence-electron chi connectivity index (χ2n) is 5.43. The Hall–Kier alpha value is -2.76. The largest absolute Gasteiger partial charge is 0.416 e. The summed E-state index contributed by atoms with van der Waals surface area (Å²) in [4.78, 5) is 0. The minimum atomic E-state index is -4.33. The van der Waals surface area contributed by atoms with Crippen molar-refractivity contribution in [2.75, 3.05) is 0 Å². The second-order valence-corrected chi connectivity index (χ2v) is 5.43. The summed E-state index contributed by atoms with van der Waals surface area (Å²) >= 11 is 0. The Kier molecular flexibility index (Phi) is 2.78. The van der Waals surface area contributed by atoms with Crippen LogP contribution in [0.25, 0.3) is 27.6 Å². The molecule has 0 fully saturated rings. The highest BCUT2D eigenvalue weighted by Gasteiger charge is 2.30. The fourth-order valence-electron chi connectivity index (χ4n) is 2.91. The summed E-state index contributed by atoms with van der Waals surface area (Å²) in [6, 6.07) is 12.9. The molecule has 3 nitrogen and oxygen atoms in total. The van der Waals surface area contributed by atoms with Crippen LogP contribution in [0, 0.1) is 0 Å². The van der Waals surface area contributed by atoms with Gasteiger partial charge in [-0.1, -0.05) is 18.2 Å². The quantitative estimate of drug-likeness (QED) is 0.506. The molecule has 6 heteroatoms. The van der Waals surface area contributed by atoms with Crippen molar-refractivity contribution in [3.8, 4) is 5.69 Å². The number of alkyl halides is 3. The lowest BCUT2D eigenvalue weighted by Crippen LogP contribution is -2.05. The molecule has 2 heterocycles. The lowest BCUT2D eigenvalue weighted by molar-refractivity contribution is -0.137. The Morgan fingerprint density at radius 3 is 2.30 bits per heavy atom. The van der Waals surface area contributed by atoms with Gasteiger partial charge in [-0.05, 0) is 30.3 Å². The van der Waals surface area contributed by atoms with Crippen LogP contribution in [0.2, 0.25) is 0 Å². The monoisotopic (exact) mass is 315 g/mol.